The van der Waals surface area contributed by atoms with Crippen molar-refractivity contribution in [3.63, 3.8) is 0 Å². The highest BCUT2D eigenvalue weighted by Crippen LogP contribution is 2.41. The SMILES string of the molecule is c1cc(-c2ccc3sc4ccccc4c3c2)cc(-n2c3ccc4ccccc4c3c3c4ccccc4ccc32)c1. The van der Waals surface area contributed by atoms with Gasteiger partial charge >= 0.3 is 0 Å². The largest absolute Gasteiger partial charge is 0.309 e. The predicted molar refractivity (Wildman–Crippen MR) is 174 cm³/mol. The zero-order valence-electron chi connectivity index (χ0n) is 21.6. The Morgan fingerprint density at radius 3 is 1.73 bits per heavy atom. The molecule has 9 aromatic rings. The average Bonchev–Trinajstić information content (AvgIpc) is 3.57. The zero-order valence-corrected chi connectivity index (χ0v) is 22.5. The molecule has 0 bridgehead atoms. The summed E-state index contributed by atoms with van der Waals surface area (Å²) in [6, 6.07) is 51.3. The molecule has 0 atom stereocenters. The molecule has 0 radical (unpaired) electrons. The van der Waals surface area contributed by atoms with Crippen molar-refractivity contribution in [1.29, 1.82) is 0 Å². The van der Waals surface area contributed by atoms with Crippen LogP contribution in [0.2, 0.25) is 0 Å². The van der Waals surface area contributed by atoms with Gasteiger partial charge < -0.3 is 4.57 Å². The van der Waals surface area contributed by atoms with Crippen LogP contribution in [0.1, 0.15) is 0 Å². The molecule has 2 heteroatoms. The number of hydrogen-bond acceptors (Lipinski definition) is 1. The first-order valence-corrected chi connectivity index (χ1v) is 14.5. The van der Waals surface area contributed by atoms with Crippen molar-refractivity contribution in [2.24, 2.45) is 0 Å². The first-order valence-electron chi connectivity index (χ1n) is 13.7. The van der Waals surface area contributed by atoms with Gasteiger partial charge in [0, 0.05) is 36.6 Å². The summed E-state index contributed by atoms with van der Waals surface area (Å²) in [5.74, 6) is 0. The van der Waals surface area contributed by atoms with Gasteiger partial charge in [-0.15, -0.1) is 11.3 Å². The van der Waals surface area contributed by atoms with Crippen LogP contribution in [0.5, 0.6) is 0 Å². The van der Waals surface area contributed by atoms with E-state index in [9.17, 15) is 0 Å². The molecule has 0 saturated carbocycles. The molecular weight excluding hydrogens is 502 g/mol. The molecule has 2 heterocycles. The second-order valence-electron chi connectivity index (χ2n) is 10.6. The van der Waals surface area contributed by atoms with Crippen molar-refractivity contribution in [3.05, 3.63) is 140 Å². The van der Waals surface area contributed by atoms with Gasteiger partial charge in [-0.05, 0) is 75.1 Å². The van der Waals surface area contributed by atoms with Crippen molar-refractivity contribution in [2.75, 3.05) is 0 Å². The fourth-order valence-corrected chi connectivity index (χ4v) is 7.64. The van der Waals surface area contributed by atoms with Crippen LogP contribution in [0.4, 0.5) is 0 Å². The Morgan fingerprint density at radius 1 is 0.400 bits per heavy atom. The van der Waals surface area contributed by atoms with Gasteiger partial charge in [-0.1, -0.05) is 97.1 Å². The molecule has 186 valence electrons. The Bertz CT molecular complexity index is 2350. The first kappa shape index (κ1) is 22.0. The number of thiophene rings is 1. The normalized spacial score (nSPS) is 12.0. The van der Waals surface area contributed by atoms with Gasteiger partial charge in [0.2, 0.25) is 0 Å². The summed E-state index contributed by atoms with van der Waals surface area (Å²) in [6.45, 7) is 0. The van der Waals surface area contributed by atoms with E-state index in [-0.39, 0.29) is 0 Å². The van der Waals surface area contributed by atoms with E-state index in [4.69, 9.17) is 0 Å². The van der Waals surface area contributed by atoms with E-state index in [1.165, 1.54) is 80.3 Å². The van der Waals surface area contributed by atoms with Crippen LogP contribution in [0.25, 0.3) is 80.3 Å². The number of rotatable bonds is 2. The molecule has 2 aromatic heterocycles. The van der Waals surface area contributed by atoms with Gasteiger partial charge in [-0.2, -0.15) is 0 Å². The Morgan fingerprint density at radius 2 is 1.00 bits per heavy atom. The lowest BCUT2D eigenvalue weighted by Crippen LogP contribution is -1.94. The van der Waals surface area contributed by atoms with E-state index in [2.05, 4.69) is 144 Å². The van der Waals surface area contributed by atoms with Crippen LogP contribution in [-0.2, 0) is 0 Å². The second-order valence-corrected chi connectivity index (χ2v) is 11.6. The summed E-state index contributed by atoms with van der Waals surface area (Å²) in [4.78, 5) is 0. The van der Waals surface area contributed by atoms with Crippen LogP contribution in [0, 0.1) is 0 Å². The molecule has 9 rings (SSSR count). The Balaban J connectivity index is 1.34. The second kappa shape index (κ2) is 8.29. The summed E-state index contributed by atoms with van der Waals surface area (Å²) < 4.78 is 5.13. The number of nitrogens with zero attached hydrogens (tertiary/aromatic N) is 1. The number of hydrogen-bond donors (Lipinski definition) is 0. The quantitative estimate of drug-likeness (QED) is 0.211. The monoisotopic (exact) mass is 525 g/mol. The van der Waals surface area contributed by atoms with E-state index in [1.54, 1.807) is 0 Å². The van der Waals surface area contributed by atoms with Crippen molar-refractivity contribution >= 4 is 74.9 Å². The molecule has 0 unspecified atom stereocenters. The highest BCUT2D eigenvalue weighted by molar-refractivity contribution is 7.25. The molecule has 0 fully saturated rings. The lowest BCUT2D eigenvalue weighted by Gasteiger charge is -2.11. The number of fused-ring (bicyclic) bond motifs is 10. The molecule has 0 spiro atoms. The van der Waals surface area contributed by atoms with Crippen molar-refractivity contribution in [3.8, 4) is 16.8 Å². The lowest BCUT2D eigenvalue weighted by atomic mass is 10.00. The van der Waals surface area contributed by atoms with Crippen molar-refractivity contribution in [1.82, 2.24) is 4.57 Å². The Kier molecular flexibility index (Phi) is 4.55. The third-order valence-electron chi connectivity index (χ3n) is 8.36. The summed E-state index contributed by atoms with van der Waals surface area (Å²) in [5.41, 5.74) is 6.13. The van der Waals surface area contributed by atoms with E-state index in [0.29, 0.717) is 0 Å². The van der Waals surface area contributed by atoms with Gasteiger partial charge in [0.25, 0.3) is 0 Å². The molecule has 0 saturated heterocycles. The van der Waals surface area contributed by atoms with Crippen LogP contribution in [0.15, 0.2) is 140 Å². The summed E-state index contributed by atoms with van der Waals surface area (Å²) in [5, 5.41) is 10.4. The van der Waals surface area contributed by atoms with E-state index in [0.717, 1.165) is 0 Å². The molecule has 1 nitrogen and oxygen atoms in total. The standard InChI is InChI=1S/C38H23NS/c1-3-12-29-24(8-1)16-19-33-37(29)38-30-13-4-2-9-25(30)17-20-34(38)39(33)28-11-7-10-26(22-28)27-18-21-36-32(23-27)31-14-5-6-15-35(31)40-36/h1-23H. The van der Waals surface area contributed by atoms with Crippen molar-refractivity contribution in [2.45, 2.75) is 0 Å². The summed E-state index contributed by atoms with van der Waals surface area (Å²) >= 11 is 1.87. The summed E-state index contributed by atoms with van der Waals surface area (Å²) in [7, 11) is 0. The van der Waals surface area contributed by atoms with E-state index >= 15 is 0 Å². The fourth-order valence-electron chi connectivity index (χ4n) is 6.56. The smallest absolute Gasteiger partial charge is 0.0547 e. The molecule has 0 amide bonds. The molecular formula is C38H23NS. The molecule has 0 N–H and O–H groups in total. The summed E-state index contributed by atoms with van der Waals surface area (Å²) in [6.07, 6.45) is 0. The molecule has 7 aromatic carbocycles. The maximum Gasteiger partial charge on any atom is 0.0547 e. The van der Waals surface area contributed by atoms with Gasteiger partial charge in [0.05, 0.1) is 11.0 Å². The number of benzene rings is 7. The van der Waals surface area contributed by atoms with Gasteiger partial charge in [-0.25, -0.2) is 0 Å². The first-order chi connectivity index (χ1) is 19.8. The fraction of sp³-hybridized carbons (Fsp3) is 0. The molecule has 0 aliphatic rings. The lowest BCUT2D eigenvalue weighted by molar-refractivity contribution is 1.18. The van der Waals surface area contributed by atoms with Gasteiger partial charge in [0.15, 0.2) is 0 Å². The maximum atomic E-state index is 2.45. The Labute approximate surface area is 235 Å². The minimum absolute atomic E-state index is 1.18. The van der Waals surface area contributed by atoms with Gasteiger partial charge in [0.1, 0.15) is 0 Å². The third-order valence-corrected chi connectivity index (χ3v) is 9.51. The topological polar surface area (TPSA) is 4.93 Å². The minimum atomic E-state index is 1.18. The zero-order chi connectivity index (χ0) is 26.2. The highest BCUT2D eigenvalue weighted by atomic mass is 32.1. The average molecular weight is 526 g/mol. The molecule has 0 aliphatic carbocycles. The van der Waals surface area contributed by atoms with Gasteiger partial charge in [-0.3, -0.25) is 0 Å². The van der Waals surface area contributed by atoms with Crippen LogP contribution >= 0.6 is 11.3 Å². The maximum absolute atomic E-state index is 2.45. The Hall–Kier alpha value is -4.92. The van der Waals surface area contributed by atoms with Crippen LogP contribution < -0.4 is 0 Å². The number of aromatic nitrogens is 1. The van der Waals surface area contributed by atoms with Crippen molar-refractivity contribution < 1.29 is 0 Å². The van der Waals surface area contributed by atoms with Crippen LogP contribution in [0.3, 0.4) is 0 Å². The minimum Gasteiger partial charge on any atom is -0.309 e. The third kappa shape index (κ3) is 3.08. The van der Waals surface area contributed by atoms with E-state index < -0.39 is 0 Å². The van der Waals surface area contributed by atoms with Crippen LogP contribution in [-0.4, -0.2) is 4.57 Å². The molecule has 0 aliphatic heterocycles. The van der Waals surface area contributed by atoms with E-state index in [1.807, 2.05) is 11.3 Å². The molecule has 40 heavy (non-hydrogen) atoms. The highest BCUT2D eigenvalue weighted by Gasteiger charge is 2.17. The predicted octanol–water partition coefficient (Wildman–Crippen LogP) is 11.1.